The molecule has 1 aromatic carbocycles. The summed E-state index contributed by atoms with van der Waals surface area (Å²) in [7, 11) is 0. The van der Waals surface area contributed by atoms with Crippen LogP contribution in [0, 0.1) is 5.92 Å². The number of likely N-dealkylation sites (tertiary alicyclic amines) is 1. The van der Waals surface area contributed by atoms with Gasteiger partial charge < -0.3 is 10.6 Å². The predicted molar refractivity (Wildman–Crippen MR) is 106 cm³/mol. The summed E-state index contributed by atoms with van der Waals surface area (Å²) >= 11 is 12.0. The third-order valence-electron chi connectivity index (χ3n) is 4.12. The Labute approximate surface area is 168 Å². The lowest BCUT2D eigenvalue weighted by atomic mass is 10.2. The fourth-order valence-corrected chi connectivity index (χ4v) is 3.15. The van der Waals surface area contributed by atoms with Crippen molar-refractivity contribution in [3.05, 3.63) is 28.2 Å². The van der Waals surface area contributed by atoms with Gasteiger partial charge in [0, 0.05) is 11.6 Å². The van der Waals surface area contributed by atoms with Crippen molar-refractivity contribution in [1.29, 1.82) is 0 Å². The van der Waals surface area contributed by atoms with Gasteiger partial charge in [-0.1, -0.05) is 37.0 Å². The van der Waals surface area contributed by atoms with Crippen LogP contribution in [-0.2, 0) is 9.59 Å². The predicted octanol–water partition coefficient (Wildman–Crippen LogP) is 2.88. The number of urea groups is 1. The monoisotopic (exact) mass is 414 g/mol. The van der Waals surface area contributed by atoms with Gasteiger partial charge in [0.15, 0.2) is 0 Å². The molecule has 9 heteroatoms. The number of anilines is 1. The SMILES string of the molecule is CC(C)CNC(=O)NC(=O)CN1CCC[C@@H]1C(=O)Nc1cc(Cl)ccc1Cl. The summed E-state index contributed by atoms with van der Waals surface area (Å²) < 4.78 is 0. The molecule has 3 N–H and O–H groups in total. The Morgan fingerprint density at radius 3 is 2.70 bits per heavy atom. The minimum Gasteiger partial charge on any atom is -0.338 e. The minimum absolute atomic E-state index is 0.0313. The van der Waals surface area contributed by atoms with Crippen LogP contribution in [-0.4, -0.2) is 48.4 Å². The Hall–Kier alpha value is -1.83. The molecule has 0 spiro atoms. The van der Waals surface area contributed by atoms with Crippen molar-refractivity contribution in [2.75, 3.05) is 25.0 Å². The number of hydrogen-bond donors (Lipinski definition) is 3. The number of imide groups is 1. The second kappa shape index (κ2) is 9.92. The van der Waals surface area contributed by atoms with Crippen molar-refractivity contribution in [3.8, 4) is 0 Å². The summed E-state index contributed by atoms with van der Waals surface area (Å²) in [5, 5.41) is 8.52. The average molecular weight is 415 g/mol. The number of carbonyl (C=O) groups is 3. The normalized spacial score (nSPS) is 17.0. The van der Waals surface area contributed by atoms with Crippen LogP contribution in [0.15, 0.2) is 18.2 Å². The third kappa shape index (κ3) is 6.68. The first-order valence-corrected chi connectivity index (χ1v) is 9.59. The first kappa shape index (κ1) is 21.5. The van der Waals surface area contributed by atoms with Crippen molar-refractivity contribution in [1.82, 2.24) is 15.5 Å². The fraction of sp³-hybridized carbons (Fsp3) is 0.500. The number of halogens is 2. The molecule has 2 rings (SSSR count). The van der Waals surface area contributed by atoms with Crippen LogP contribution < -0.4 is 16.0 Å². The van der Waals surface area contributed by atoms with Gasteiger partial charge in [0.2, 0.25) is 11.8 Å². The number of rotatable bonds is 6. The van der Waals surface area contributed by atoms with E-state index in [0.717, 1.165) is 6.42 Å². The summed E-state index contributed by atoms with van der Waals surface area (Å²) in [5.74, 6) is -0.415. The molecule has 4 amide bonds. The van der Waals surface area contributed by atoms with E-state index in [1.165, 1.54) is 0 Å². The van der Waals surface area contributed by atoms with E-state index >= 15 is 0 Å². The molecule has 7 nitrogen and oxygen atoms in total. The fourth-order valence-electron chi connectivity index (χ4n) is 2.81. The van der Waals surface area contributed by atoms with E-state index in [1.807, 2.05) is 13.8 Å². The zero-order valence-electron chi connectivity index (χ0n) is 15.4. The summed E-state index contributed by atoms with van der Waals surface area (Å²) in [5.41, 5.74) is 0.429. The topological polar surface area (TPSA) is 90.5 Å². The number of carbonyl (C=O) groups excluding carboxylic acids is 3. The van der Waals surface area contributed by atoms with Gasteiger partial charge in [-0.2, -0.15) is 0 Å². The maximum Gasteiger partial charge on any atom is 0.321 e. The van der Waals surface area contributed by atoms with Crippen LogP contribution in [0.5, 0.6) is 0 Å². The molecule has 0 unspecified atom stereocenters. The van der Waals surface area contributed by atoms with Crippen molar-refractivity contribution in [3.63, 3.8) is 0 Å². The average Bonchev–Trinajstić information content (AvgIpc) is 3.04. The van der Waals surface area contributed by atoms with E-state index in [9.17, 15) is 14.4 Å². The third-order valence-corrected chi connectivity index (χ3v) is 4.69. The number of nitrogens with one attached hydrogen (secondary N) is 3. The van der Waals surface area contributed by atoms with Crippen LogP contribution in [0.2, 0.25) is 10.0 Å². The summed E-state index contributed by atoms with van der Waals surface area (Å²) in [6.07, 6.45) is 1.41. The maximum atomic E-state index is 12.6. The lowest BCUT2D eigenvalue weighted by Gasteiger charge is -2.23. The molecule has 0 saturated carbocycles. The molecule has 1 saturated heterocycles. The van der Waals surface area contributed by atoms with Crippen LogP contribution in [0.3, 0.4) is 0 Å². The first-order chi connectivity index (χ1) is 12.8. The lowest BCUT2D eigenvalue weighted by molar-refractivity contribution is -0.124. The molecule has 1 atom stereocenters. The van der Waals surface area contributed by atoms with Crippen molar-refractivity contribution >= 4 is 46.7 Å². The minimum atomic E-state index is -0.528. The van der Waals surface area contributed by atoms with Gasteiger partial charge in [0.05, 0.1) is 23.3 Å². The molecule has 1 aliphatic rings. The lowest BCUT2D eigenvalue weighted by Crippen LogP contribution is -2.48. The number of amides is 4. The van der Waals surface area contributed by atoms with Gasteiger partial charge in [0.25, 0.3) is 0 Å². The summed E-state index contributed by atoms with van der Waals surface area (Å²) in [6, 6.07) is 3.82. The number of benzene rings is 1. The molecular formula is C18H24Cl2N4O3. The number of nitrogens with zero attached hydrogens (tertiary/aromatic N) is 1. The van der Waals surface area contributed by atoms with Crippen LogP contribution >= 0.6 is 23.2 Å². The van der Waals surface area contributed by atoms with E-state index < -0.39 is 18.0 Å². The van der Waals surface area contributed by atoms with E-state index in [2.05, 4.69) is 16.0 Å². The molecule has 148 valence electrons. The van der Waals surface area contributed by atoms with Gasteiger partial charge in [-0.25, -0.2) is 4.79 Å². The van der Waals surface area contributed by atoms with Crippen LogP contribution in [0.1, 0.15) is 26.7 Å². The Kier molecular flexibility index (Phi) is 7.89. The maximum absolute atomic E-state index is 12.6. The van der Waals surface area contributed by atoms with E-state index in [4.69, 9.17) is 23.2 Å². The smallest absolute Gasteiger partial charge is 0.321 e. The zero-order chi connectivity index (χ0) is 20.0. The van der Waals surface area contributed by atoms with Crippen molar-refractivity contribution in [2.24, 2.45) is 5.92 Å². The van der Waals surface area contributed by atoms with Crippen molar-refractivity contribution in [2.45, 2.75) is 32.7 Å². The Bertz CT molecular complexity index is 712. The molecule has 0 bridgehead atoms. The highest BCUT2D eigenvalue weighted by Gasteiger charge is 2.32. The molecule has 0 aliphatic carbocycles. The molecule has 1 heterocycles. The molecule has 1 fully saturated rings. The summed E-state index contributed by atoms with van der Waals surface area (Å²) in [6.45, 7) is 4.97. The Balaban J connectivity index is 1.90. The first-order valence-electron chi connectivity index (χ1n) is 8.84. The van der Waals surface area contributed by atoms with E-state index in [1.54, 1.807) is 23.1 Å². The molecule has 0 radical (unpaired) electrons. The highest BCUT2D eigenvalue weighted by molar-refractivity contribution is 6.35. The largest absolute Gasteiger partial charge is 0.338 e. The second-order valence-corrected chi connectivity index (χ2v) is 7.74. The Morgan fingerprint density at radius 1 is 1.26 bits per heavy atom. The molecule has 0 aromatic heterocycles. The molecule has 1 aromatic rings. The Morgan fingerprint density at radius 2 is 2.00 bits per heavy atom. The van der Waals surface area contributed by atoms with Gasteiger partial charge in [-0.05, 0) is 43.5 Å². The highest BCUT2D eigenvalue weighted by atomic mass is 35.5. The van der Waals surface area contributed by atoms with Crippen LogP contribution in [0.25, 0.3) is 0 Å². The highest BCUT2D eigenvalue weighted by Crippen LogP contribution is 2.27. The van der Waals surface area contributed by atoms with Gasteiger partial charge >= 0.3 is 6.03 Å². The van der Waals surface area contributed by atoms with E-state index in [-0.39, 0.29) is 18.4 Å². The standard InChI is InChI=1S/C18H24Cl2N4O3/c1-11(2)9-21-18(27)23-16(25)10-24-7-3-4-15(24)17(26)22-14-8-12(19)5-6-13(14)20/h5-6,8,11,15H,3-4,7,9-10H2,1-2H3,(H,22,26)(H2,21,23,25,27)/t15-/m1/s1. The molecule has 1 aliphatic heterocycles. The van der Waals surface area contributed by atoms with Crippen LogP contribution in [0.4, 0.5) is 10.5 Å². The second-order valence-electron chi connectivity index (χ2n) is 6.89. The van der Waals surface area contributed by atoms with Gasteiger partial charge in [-0.15, -0.1) is 0 Å². The molecule has 27 heavy (non-hydrogen) atoms. The summed E-state index contributed by atoms with van der Waals surface area (Å²) in [4.78, 5) is 38.1. The quantitative estimate of drug-likeness (QED) is 0.667. The van der Waals surface area contributed by atoms with Gasteiger partial charge in [-0.3, -0.25) is 19.8 Å². The van der Waals surface area contributed by atoms with E-state index in [0.29, 0.717) is 35.2 Å². The number of hydrogen-bond acceptors (Lipinski definition) is 4. The van der Waals surface area contributed by atoms with Gasteiger partial charge in [0.1, 0.15) is 0 Å². The molecular weight excluding hydrogens is 391 g/mol. The zero-order valence-corrected chi connectivity index (χ0v) is 16.9. The van der Waals surface area contributed by atoms with Crippen molar-refractivity contribution < 1.29 is 14.4 Å².